The second-order valence-electron chi connectivity index (χ2n) is 2.99. The molecule has 1 aromatic rings. The highest BCUT2D eigenvalue weighted by Crippen LogP contribution is 2.45. The second-order valence-corrected chi connectivity index (χ2v) is 2.99. The number of nitrogens with zero attached hydrogens (tertiary/aromatic N) is 2. The van der Waals surface area contributed by atoms with Gasteiger partial charge in [0.05, 0.1) is 0 Å². The Kier molecular flexibility index (Phi) is 1.53. The summed E-state index contributed by atoms with van der Waals surface area (Å²) < 4.78 is 0. The van der Waals surface area contributed by atoms with E-state index in [0.717, 1.165) is 12.1 Å². The monoisotopic (exact) mass is 163 g/mol. The molecule has 62 valence electrons. The molecule has 2 N–H and O–H groups in total. The van der Waals surface area contributed by atoms with Crippen LogP contribution in [-0.2, 0) is 4.79 Å². The number of hydrogen-bond acceptors (Lipinski definition) is 3. The number of nitrogens with two attached hydrogens (primary N) is 1. The van der Waals surface area contributed by atoms with Crippen LogP contribution in [0.1, 0.15) is 18.0 Å². The molecule has 2 atom stereocenters. The second kappa shape index (κ2) is 2.55. The Labute approximate surface area is 69.8 Å². The summed E-state index contributed by atoms with van der Waals surface area (Å²) in [5, 5.41) is 0. The fourth-order valence-corrected chi connectivity index (χ4v) is 1.36. The predicted molar refractivity (Wildman–Crippen MR) is 42.1 cm³/mol. The van der Waals surface area contributed by atoms with Crippen molar-refractivity contribution in [3.63, 3.8) is 0 Å². The first-order chi connectivity index (χ1) is 5.79. The van der Waals surface area contributed by atoms with Crippen molar-refractivity contribution in [3.05, 3.63) is 24.3 Å². The largest absolute Gasteiger partial charge is 0.369 e. The molecule has 1 fully saturated rings. The highest BCUT2D eigenvalue weighted by Gasteiger charge is 2.43. The lowest BCUT2D eigenvalue weighted by Gasteiger charge is -1.94. The highest BCUT2D eigenvalue weighted by atomic mass is 16.1. The van der Waals surface area contributed by atoms with Gasteiger partial charge >= 0.3 is 0 Å². The number of primary amides is 1. The third-order valence-electron chi connectivity index (χ3n) is 2.14. The summed E-state index contributed by atoms with van der Waals surface area (Å²) in [5.41, 5.74) is 6.07. The van der Waals surface area contributed by atoms with E-state index in [4.69, 9.17) is 5.73 Å². The Morgan fingerprint density at radius 1 is 1.67 bits per heavy atom. The number of hydrogen-bond donors (Lipinski definition) is 1. The first-order valence-corrected chi connectivity index (χ1v) is 3.84. The third-order valence-corrected chi connectivity index (χ3v) is 2.14. The van der Waals surface area contributed by atoms with Crippen molar-refractivity contribution in [2.24, 2.45) is 11.7 Å². The van der Waals surface area contributed by atoms with Gasteiger partial charge in [-0.1, -0.05) is 0 Å². The molecule has 0 aromatic carbocycles. The summed E-state index contributed by atoms with van der Waals surface area (Å²) in [6.45, 7) is 0. The van der Waals surface area contributed by atoms with Gasteiger partial charge in [-0.3, -0.25) is 4.79 Å². The van der Waals surface area contributed by atoms with Crippen LogP contribution in [0.25, 0.3) is 0 Å². The average molecular weight is 163 g/mol. The Morgan fingerprint density at radius 2 is 2.50 bits per heavy atom. The smallest absolute Gasteiger partial charge is 0.221 e. The molecule has 4 nitrogen and oxygen atoms in total. The van der Waals surface area contributed by atoms with Crippen molar-refractivity contribution >= 4 is 5.91 Å². The summed E-state index contributed by atoms with van der Waals surface area (Å²) in [7, 11) is 0. The Balaban J connectivity index is 2.11. The molecule has 0 spiro atoms. The molecule has 1 heterocycles. The van der Waals surface area contributed by atoms with Gasteiger partial charge in [0.25, 0.3) is 0 Å². The van der Waals surface area contributed by atoms with E-state index in [9.17, 15) is 4.79 Å². The summed E-state index contributed by atoms with van der Waals surface area (Å²) >= 11 is 0. The van der Waals surface area contributed by atoms with Crippen LogP contribution in [0.3, 0.4) is 0 Å². The van der Waals surface area contributed by atoms with E-state index in [1.807, 2.05) is 6.07 Å². The quantitative estimate of drug-likeness (QED) is 0.670. The Hall–Kier alpha value is -1.45. The normalized spacial score (nSPS) is 26.7. The van der Waals surface area contributed by atoms with Gasteiger partial charge in [-0.25, -0.2) is 9.97 Å². The third kappa shape index (κ3) is 1.15. The van der Waals surface area contributed by atoms with E-state index in [-0.39, 0.29) is 17.7 Å². The van der Waals surface area contributed by atoms with Crippen LogP contribution in [0.5, 0.6) is 0 Å². The molecule has 4 heteroatoms. The fraction of sp³-hybridized carbons (Fsp3) is 0.375. The lowest BCUT2D eigenvalue weighted by molar-refractivity contribution is -0.119. The molecule has 0 aliphatic heterocycles. The van der Waals surface area contributed by atoms with Crippen molar-refractivity contribution in [1.82, 2.24) is 9.97 Å². The molecule has 1 aromatic heterocycles. The number of aromatic nitrogens is 2. The van der Waals surface area contributed by atoms with Crippen molar-refractivity contribution < 1.29 is 4.79 Å². The fourth-order valence-electron chi connectivity index (χ4n) is 1.36. The molecule has 1 saturated carbocycles. The van der Waals surface area contributed by atoms with Crippen molar-refractivity contribution in [2.45, 2.75) is 12.3 Å². The maximum atomic E-state index is 10.7. The summed E-state index contributed by atoms with van der Waals surface area (Å²) in [5.74, 6) is 0.0176. The topological polar surface area (TPSA) is 68.9 Å². The van der Waals surface area contributed by atoms with Gasteiger partial charge in [-0.05, 0) is 12.5 Å². The maximum Gasteiger partial charge on any atom is 0.221 e. The van der Waals surface area contributed by atoms with Crippen molar-refractivity contribution in [3.8, 4) is 0 Å². The molecular weight excluding hydrogens is 154 g/mol. The van der Waals surface area contributed by atoms with Gasteiger partial charge in [0, 0.05) is 23.7 Å². The first kappa shape index (κ1) is 7.21. The van der Waals surface area contributed by atoms with Crippen LogP contribution >= 0.6 is 0 Å². The minimum absolute atomic E-state index is 0.0000926. The van der Waals surface area contributed by atoms with E-state index in [1.165, 1.54) is 6.33 Å². The van der Waals surface area contributed by atoms with Crippen molar-refractivity contribution in [1.29, 1.82) is 0 Å². The average Bonchev–Trinajstić information content (AvgIpc) is 2.84. The van der Waals surface area contributed by atoms with Crippen LogP contribution in [-0.4, -0.2) is 15.9 Å². The summed E-state index contributed by atoms with van der Waals surface area (Å²) in [4.78, 5) is 18.6. The lowest BCUT2D eigenvalue weighted by atomic mass is 10.2. The number of carbonyl (C=O) groups is 1. The zero-order valence-corrected chi connectivity index (χ0v) is 6.47. The standard InChI is InChI=1S/C8H9N3O/c9-8(12)6-3-5(6)7-1-2-10-4-11-7/h1-2,4-6H,3H2,(H2,9,12). The van der Waals surface area contributed by atoms with E-state index < -0.39 is 0 Å². The molecule has 0 saturated heterocycles. The number of rotatable bonds is 2. The van der Waals surface area contributed by atoms with Crippen molar-refractivity contribution in [2.75, 3.05) is 0 Å². The zero-order valence-electron chi connectivity index (χ0n) is 6.47. The van der Waals surface area contributed by atoms with Gasteiger partial charge in [-0.15, -0.1) is 0 Å². The molecule has 1 aliphatic carbocycles. The number of carbonyl (C=O) groups excluding carboxylic acids is 1. The van der Waals surface area contributed by atoms with Crippen LogP contribution in [0, 0.1) is 5.92 Å². The van der Waals surface area contributed by atoms with Crippen LogP contribution < -0.4 is 5.73 Å². The molecular formula is C8H9N3O. The predicted octanol–water partition coefficient (Wildman–Crippen LogP) is 0.0654. The van der Waals surface area contributed by atoms with Crippen LogP contribution in [0.15, 0.2) is 18.6 Å². The zero-order chi connectivity index (χ0) is 8.55. The van der Waals surface area contributed by atoms with Crippen LogP contribution in [0.2, 0.25) is 0 Å². The molecule has 0 radical (unpaired) electrons. The van der Waals surface area contributed by atoms with Gasteiger partial charge in [-0.2, -0.15) is 0 Å². The minimum Gasteiger partial charge on any atom is -0.369 e. The Bertz CT molecular complexity index is 298. The number of amides is 1. The molecule has 1 aliphatic rings. The Morgan fingerprint density at radius 3 is 3.00 bits per heavy atom. The van der Waals surface area contributed by atoms with E-state index in [1.54, 1.807) is 6.20 Å². The summed E-state index contributed by atoms with van der Waals surface area (Å²) in [6, 6.07) is 1.83. The van der Waals surface area contributed by atoms with E-state index in [0.29, 0.717) is 0 Å². The minimum atomic E-state index is -0.224. The maximum absolute atomic E-state index is 10.7. The van der Waals surface area contributed by atoms with E-state index in [2.05, 4.69) is 9.97 Å². The summed E-state index contributed by atoms with van der Waals surface area (Å²) in [6.07, 6.45) is 4.01. The van der Waals surface area contributed by atoms with Crippen LogP contribution in [0.4, 0.5) is 0 Å². The molecule has 0 bridgehead atoms. The van der Waals surface area contributed by atoms with Gasteiger partial charge in [0.1, 0.15) is 6.33 Å². The molecule has 1 amide bonds. The lowest BCUT2D eigenvalue weighted by Crippen LogP contribution is -2.13. The van der Waals surface area contributed by atoms with Gasteiger partial charge in [0.15, 0.2) is 0 Å². The highest BCUT2D eigenvalue weighted by molar-refractivity contribution is 5.80. The van der Waals surface area contributed by atoms with E-state index >= 15 is 0 Å². The molecule has 2 rings (SSSR count). The molecule has 12 heavy (non-hydrogen) atoms. The van der Waals surface area contributed by atoms with Gasteiger partial charge < -0.3 is 5.73 Å². The van der Waals surface area contributed by atoms with Gasteiger partial charge in [0.2, 0.25) is 5.91 Å². The first-order valence-electron chi connectivity index (χ1n) is 3.84. The SMILES string of the molecule is NC(=O)C1CC1c1ccncn1. The molecule has 2 unspecified atom stereocenters.